The summed E-state index contributed by atoms with van der Waals surface area (Å²) in [4.78, 5) is 37.4. The number of anilines is 1. The highest BCUT2D eigenvalue weighted by molar-refractivity contribution is 5.92. The summed E-state index contributed by atoms with van der Waals surface area (Å²) in [7, 11) is 0. The van der Waals surface area contributed by atoms with Gasteiger partial charge in [-0.1, -0.05) is 18.2 Å². The molecule has 0 radical (unpaired) electrons. The van der Waals surface area contributed by atoms with Crippen molar-refractivity contribution in [2.24, 2.45) is 0 Å². The van der Waals surface area contributed by atoms with Crippen LogP contribution in [0.5, 0.6) is 0 Å². The Morgan fingerprint density at radius 2 is 1.93 bits per heavy atom. The minimum atomic E-state index is -0.748. The Labute approximate surface area is 170 Å². The Bertz CT molecular complexity index is 1150. The van der Waals surface area contributed by atoms with Crippen LogP contribution in [-0.4, -0.2) is 46.6 Å². The molecule has 30 heavy (non-hydrogen) atoms. The van der Waals surface area contributed by atoms with Crippen molar-refractivity contribution >= 4 is 28.4 Å². The van der Waals surface area contributed by atoms with E-state index in [0.717, 1.165) is 23.2 Å². The number of nitrogens with zero attached hydrogens (tertiary/aromatic N) is 3. The molecule has 10 nitrogen and oxygen atoms in total. The van der Waals surface area contributed by atoms with Gasteiger partial charge in [0.2, 0.25) is 5.91 Å². The third kappa shape index (κ3) is 4.24. The highest BCUT2D eigenvalue weighted by Gasteiger charge is 2.18. The van der Waals surface area contributed by atoms with Crippen LogP contribution in [0.4, 0.5) is 11.4 Å². The SMILES string of the molecule is O=C(Cn1c(=O)oc2cc([N+](=O)[O-])ccc21)Nc1ccccc1CN1CCOCC1. The van der Waals surface area contributed by atoms with Gasteiger partial charge >= 0.3 is 5.76 Å². The average Bonchev–Trinajstić information content (AvgIpc) is 3.04. The minimum absolute atomic E-state index is 0.0646. The van der Waals surface area contributed by atoms with E-state index in [2.05, 4.69) is 10.2 Å². The molecule has 1 fully saturated rings. The van der Waals surface area contributed by atoms with Gasteiger partial charge in [0.05, 0.1) is 29.7 Å². The topological polar surface area (TPSA) is 120 Å². The number of nitrogens with one attached hydrogen (secondary N) is 1. The maximum Gasteiger partial charge on any atom is 0.420 e. The fourth-order valence-corrected chi connectivity index (χ4v) is 3.43. The normalized spacial score (nSPS) is 14.7. The number of non-ortho nitro benzene ring substituents is 1. The van der Waals surface area contributed by atoms with E-state index in [1.807, 2.05) is 24.3 Å². The van der Waals surface area contributed by atoms with Crippen molar-refractivity contribution in [2.75, 3.05) is 31.6 Å². The van der Waals surface area contributed by atoms with Gasteiger partial charge in [0.25, 0.3) is 5.69 Å². The number of hydrogen-bond donors (Lipinski definition) is 1. The van der Waals surface area contributed by atoms with Crippen LogP contribution in [0, 0.1) is 10.1 Å². The summed E-state index contributed by atoms with van der Waals surface area (Å²) in [5.41, 5.74) is 1.83. The Morgan fingerprint density at radius 3 is 2.70 bits per heavy atom. The molecule has 4 rings (SSSR count). The second-order valence-electron chi connectivity index (χ2n) is 6.96. The molecule has 1 aromatic heterocycles. The summed E-state index contributed by atoms with van der Waals surface area (Å²) in [6.07, 6.45) is 0. The van der Waals surface area contributed by atoms with Crippen molar-refractivity contribution in [1.29, 1.82) is 0 Å². The van der Waals surface area contributed by atoms with Crippen LogP contribution < -0.4 is 11.1 Å². The molecule has 0 unspecified atom stereocenters. The number of hydrogen-bond acceptors (Lipinski definition) is 7. The van der Waals surface area contributed by atoms with Crippen molar-refractivity contribution in [3.63, 3.8) is 0 Å². The lowest BCUT2D eigenvalue weighted by atomic mass is 10.1. The van der Waals surface area contributed by atoms with Crippen LogP contribution in [0.2, 0.25) is 0 Å². The average molecular weight is 412 g/mol. The van der Waals surface area contributed by atoms with E-state index in [1.165, 1.54) is 18.2 Å². The Kier molecular flexibility index (Phi) is 5.59. The molecule has 3 aromatic rings. The number of nitro benzene ring substituents is 1. The Morgan fingerprint density at radius 1 is 1.17 bits per heavy atom. The third-order valence-electron chi connectivity index (χ3n) is 4.95. The smallest absolute Gasteiger partial charge is 0.407 e. The monoisotopic (exact) mass is 412 g/mol. The van der Waals surface area contributed by atoms with E-state index in [1.54, 1.807) is 0 Å². The zero-order valence-corrected chi connectivity index (χ0v) is 16.1. The van der Waals surface area contributed by atoms with E-state index in [4.69, 9.17) is 9.15 Å². The molecular weight excluding hydrogens is 392 g/mol. The summed E-state index contributed by atoms with van der Waals surface area (Å²) < 4.78 is 11.6. The molecule has 1 amide bonds. The van der Waals surface area contributed by atoms with Crippen LogP contribution in [0.25, 0.3) is 11.1 Å². The number of oxazole rings is 1. The van der Waals surface area contributed by atoms with Crippen LogP contribution >= 0.6 is 0 Å². The number of aromatic nitrogens is 1. The summed E-state index contributed by atoms with van der Waals surface area (Å²) in [6, 6.07) is 11.3. The molecule has 0 atom stereocenters. The van der Waals surface area contributed by atoms with Gasteiger partial charge < -0.3 is 14.5 Å². The lowest BCUT2D eigenvalue weighted by Gasteiger charge is -2.27. The first-order chi connectivity index (χ1) is 14.5. The first-order valence-electron chi connectivity index (χ1n) is 9.47. The maximum atomic E-state index is 12.6. The van der Waals surface area contributed by atoms with Gasteiger partial charge in [0, 0.05) is 31.4 Å². The molecule has 1 saturated heterocycles. The molecule has 0 spiro atoms. The lowest BCUT2D eigenvalue weighted by Crippen LogP contribution is -2.36. The number of fused-ring (bicyclic) bond motifs is 1. The number of nitro groups is 1. The number of ether oxygens (including phenoxy) is 1. The highest BCUT2D eigenvalue weighted by atomic mass is 16.6. The van der Waals surface area contributed by atoms with Crippen molar-refractivity contribution in [3.8, 4) is 0 Å². The molecular formula is C20H20N4O6. The Hall–Kier alpha value is -3.50. The number of benzene rings is 2. The van der Waals surface area contributed by atoms with Gasteiger partial charge in [-0.2, -0.15) is 0 Å². The summed E-state index contributed by atoms with van der Waals surface area (Å²) in [5.74, 6) is -1.14. The predicted octanol–water partition coefficient (Wildman–Crippen LogP) is 1.97. The number of morpholine rings is 1. The van der Waals surface area contributed by atoms with Crippen LogP contribution in [0.1, 0.15) is 5.56 Å². The molecule has 2 aromatic carbocycles. The first kappa shape index (κ1) is 19.8. The molecule has 0 aliphatic carbocycles. The van der Waals surface area contributed by atoms with Gasteiger partial charge in [-0.05, 0) is 17.7 Å². The second kappa shape index (κ2) is 8.47. The second-order valence-corrected chi connectivity index (χ2v) is 6.96. The number of rotatable bonds is 6. The summed E-state index contributed by atoms with van der Waals surface area (Å²) >= 11 is 0. The van der Waals surface area contributed by atoms with Gasteiger partial charge in [0.15, 0.2) is 5.58 Å². The number of para-hydroxylation sites is 1. The van der Waals surface area contributed by atoms with E-state index in [-0.39, 0.29) is 17.8 Å². The van der Waals surface area contributed by atoms with E-state index in [9.17, 15) is 19.7 Å². The lowest BCUT2D eigenvalue weighted by molar-refractivity contribution is -0.384. The number of carbonyl (C=O) groups excluding carboxylic acids is 1. The molecule has 0 saturated carbocycles. The van der Waals surface area contributed by atoms with Gasteiger partial charge in [-0.15, -0.1) is 0 Å². The fraction of sp³-hybridized carbons (Fsp3) is 0.300. The predicted molar refractivity (Wildman–Crippen MR) is 108 cm³/mol. The molecule has 0 bridgehead atoms. The molecule has 2 heterocycles. The zero-order valence-electron chi connectivity index (χ0n) is 16.1. The van der Waals surface area contributed by atoms with Gasteiger partial charge in [-0.25, -0.2) is 4.79 Å². The summed E-state index contributed by atoms with van der Waals surface area (Å²) in [6.45, 7) is 3.43. The van der Waals surface area contributed by atoms with Gasteiger partial charge in [0.1, 0.15) is 6.54 Å². The third-order valence-corrected chi connectivity index (χ3v) is 4.95. The van der Waals surface area contributed by atoms with Crippen molar-refractivity contribution in [1.82, 2.24) is 9.47 Å². The van der Waals surface area contributed by atoms with Crippen LogP contribution in [0.3, 0.4) is 0 Å². The van der Waals surface area contributed by atoms with Crippen molar-refractivity contribution in [3.05, 3.63) is 68.7 Å². The van der Waals surface area contributed by atoms with Crippen molar-refractivity contribution < 1.29 is 18.9 Å². The molecule has 1 N–H and O–H groups in total. The quantitative estimate of drug-likeness (QED) is 0.485. The molecule has 1 aliphatic heterocycles. The standard InChI is InChI=1S/C20H20N4O6/c25-19(13-23-17-6-5-15(24(27)28)11-18(17)30-20(23)26)21-16-4-2-1-3-14(16)12-22-7-9-29-10-8-22/h1-6,11H,7-10,12-13H2,(H,21,25). The van der Waals surface area contributed by atoms with Crippen molar-refractivity contribution in [2.45, 2.75) is 13.1 Å². The largest absolute Gasteiger partial charge is 0.420 e. The first-order valence-corrected chi connectivity index (χ1v) is 9.47. The maximum absolute atomic E-state index is 12.6. The van der Waals surface area contributed by atoms with Crippen LogP contribution in [-0.2, 0) is 22.6 Å². The molecule has 1 aliphatic rings. The van der Waals surface area contributed by atoms with E-state index < -0.39 is 16.6 Å². The molecule has 10 heteroatoms. The number of amides is 1. The zero-order chi connectivity index (χ0) is 21.1. The molecule has 156 valence electrons. The van der Waals surface area contributed by atoms with E-state index >= 15 is 0 Å². The van der Waals surface area contributed by atoms with E-state index in [0.29, 0.717) is 31.0 Å². The fourth-order valence-electron chi connectivity index (χ4n) is 3.43. The van der Waals surface area contributed by atoms with Crippen LogP contribution in [0.15, 0.2) is 51.7 Å². The summed E-state index contributed by atoms with van der Waals surface area (Å²) in [5, 5.41) is 13.7. The van der Waals surface area contributed by atoms with Gasteiger partial charge in [-0.3, -0.25) is 24.4 Å². The minimum Gasteiger partial charge on any atom is -0.407 e. The Balaban J connectivity index is 1.51. The number of carbonyl (C=O) groups is 1. The highest BCUT2D eigenvalue weighted by Crippen LogP contribution is 2.21.